The molecule has 2 aromatic rings. The molecular formula is C10H12N4O2S. The number of aryl methyl sites for hydroxylation is 1. The maximum atomic E-state index is 11.9. The van der Waals surface area contributed by atoms with Crippen LogP contribution in [0.3, 0.4) is 0 Å². The van der Waals surface area contributed by atoms with Crippen molar-refractivity contribution >= 4 is 33.9 Å². The standard InChI is InChI=1S/C10H12N4O2S/c1-3-16-10(15)7-6(4-13-11)8-9(14(7)2)12-5-17-8/h4-5H,3,11H2,1-2H3/b13-4+. The number of hydrogen-bond donors (Lipinski definition) is 1. The van der Waals surface area contributed by atoms with Gasteiger partial charge in [0.05, 0.1) is 23.0 Å². The zero-order valence-corrected chi connectivity index (χ0v) is 10.3. The maximum absolute atomic E-state index is 11.9. The van der Waals surface area contributed by atoms with E-state index in [1.807, 2.05) is 0 Å². The third-order valence-electron chi connectivity index (χ3n) is 2.37. The lowest BCUT2D eigenvalue weighted by Gasteiger charge is -2.04. The first kappa shape index (κ1) is 11.6. The summed E-state index contributed by atoms with van der Waals surface area (Å²) in [6.45, 7) is 2.09. The minimum absolute atomic E-state index is 0.324. The Kier molecular flexibility index (Phi) is 3.10. The number of hydrogen-bond acceptors (Lipinski definition) is 6. The first-order chi connectivity index (χ1) is 8.20. The van der Waals surface area contributed by atoms with Gasteiger partial charge in [-0.25, -0.2) is 9.78 Å². The van der Waals surface area contributed by atoms with E-state index in [-0.39, 0.29) is 0 Å². The molecule has 0 amide bonds. The third kappa shape index (κ3) is 1.78. The summed E-state index contributed by atoms with van der Waals surface area (Å²) in [7, 11) is 1.77. The summed E-state index contributed by atoms with van der Waals surface area (Å²) in [6, 6.07) is 0. The molecule has 6 nitrogen and oxygen atoms in total. The minimum atomic E-state index is -0.393. The lowest BCUT2D eigenvalue weighted by molar-refractivity contribution is 0.0515. The van der Waals surface area contributed by atoms with Crippen molar-refractivity contribution in [2.75, 3.05) is 6.61 Å². The molecule has 0 aromatic carbocycles. The molecule has 0 atom stereocenters. The number of ether oxygens (including phenoxy) is 1. The molecule has 0 radical (unpaired) electrons. The van der Waals surface area contributed by atoms with Crippen molar-refractivity contribution in [3.8, 4) is 0 Å². The van der Waals surface area contributed by atoms with Crippen molar-refractivity contribution in [1.29, 1.82) is 0 Å². The van der Waals surface area contributed by atoms with Crippen LogP contribution in [0.2, 0.25) is 0 Å². The molecule has 2 aromatic heterocycles. The van der Waals surface area contributed by atoms with Crippen LogP contribution >= 0.6 is 11.3 Å². The van der Waals surface area contributed by atoms with Gasteiger partial charge in [0.1, 0.15) is 5.69 Å². The van der Waals surface area contributed by atoms with Gasteiger partial charge in [0.2, 0.25) is 0 Å². The van der Waals surface area contributed by atoms with Crippen LogP contribution in [0.15, 0.2) is 10.6 Å². The summed E-state index contributed by atoms with van der Waals surface area (Å²) < 4.78 is 7.58. The van der Waals surface area contributed by atoms with Gasteiger partial charge >= 0.3 is 5.97 Å². The van der Waals surface area contributed by atoms with Crippen molar-refractivity contribution in [2.24, 2.45) is 18.0 Å². The molecule has 2 heterocycles. The second kappa shape index (κ2) is 4.54. The average molecular weight is 252 g/mol. The molecule has 0 fully saturated rings. The maximum Gasteiger partial charge on any atom is 0.355 e. The average Bonchev–Trinajstić information content (AvgIpc) is 2.84. The molecule has 0 aliphatic heterocycles. The minimum Gasteiger partial charge on any atom is -0.461 e. The number of carbonyl (C=O) groups is 1. The Morgan fingerprint density at radius 3 is 3.18 bits per heavy atom. The molecule has 90 valence electrons. The highest BCUT2D eigenvalue weighted by molar-refractivity contribution is 7.17. The second-order valence-corrected chi connectivity index (χ2v) is 4.18. The van der Waals surface area contributed by atoms with E-state index in [4.69, 9.17) is 10.6 Å². The molecule has 17 heavy (non-hydrogen) atoms. The van der Waals surface area contributed by atoms with E-state index in [0.717, 1.165) is 10.3 Å². The third-order valence-corrected chi connectivity index (χ3v) is 3.22. The van der Waals surface area contributed by atoms with Gasteiger partial charge in [0.25, 0.3) is 0 Å². The zero-order valence-electron chi connectivity index (χ0n) is 9.51. The molecule has 2 rings (SSSR count). The Labute approximate surface area is 102 Å². The van der Waals surface area contributed by atoms with Crippen molar-refractivity contribution in [3.63, 3.8) is 0 Å². The fraction of sp³-hybridized carbons (Fsp3) is 0.300. The predicted octanol–water partition coefficient (Wildman–Crippen LogP) is 1.10. The Balaban J connectivity index is 2.67. The highest BCUT2D eigenvalue weighted by Gasteiger charge is 2.22. The number of nitrogens with zero attached hydrogens (tertiary/aromatic N) is 3. The molecule has 0 aliphatic carbocycles. The number of hydrazone groups is 1. The molecule has 2 N–H and O–H groups in total. The van der Waals surface area contributed by atoms with Crippen molar-refractivity contribution in [1.82, 2.24) is 9.55 Å². The van der Waals surface area contributed by atoms with Crippen molar-refractivity contribution < 1.29 is 9.53 Å². The number of carbonyl (C=O) groups excluding carboxylic acids is 1. The summed E-state index contributed by atoms with van der Waals surface area (Å²) >= 11 is 1.44. The Hall–Kier alpha value is -1.89. The van der Waals surface area contributed by atoms with Crippen LogP contribution in [-0.2, 0) is 11.8 Å². The van der Waals surface area contributed by atoms with Gasteiger partial charge in [0.15, 0.2) is 5.65 Å². The highest BCUT2D eigenvalue weighted by atomic mass is 32.1. The van der Waals surface area contributed by atoms with E-state index in [1.165, 1.54) is 17.6 Å². The van der Waals surface area contributed by atoms with E-state index < -0.39 is 5.97 Å². The van der Waals surface area contributed by atoms with Crippen molar-refractivity contribution in [2.45, 2.75) is 6.92 Å². The summed E-state index contributed by atoms with van der Waals surface area (Å²) in [5, 5.41) is 3.48. The van der Waals surface area contributed by atoms with Gasteiger partial charge in [0, 0.05) is 12.6 Å². The number of thiazole rings is 1. The van der Waals surface area contributed by atoms with Gasteiger partial charge in [-0.2, -0.15) is 5.10 Å². The van der Waals surface area contributed by atoms with E-state index in [9.17, 15) is 4.79 Å². The highest BCUT2D eigenvalue weighted by Crippen LogP contribution is 2.27. The molecule has 0 bridgehead atoms. The van der Waals surface area contributed by atoms with Gasteiger partial charge in [-0.15, -0.1) is 11.3 Å². The fourth-order valence-corrected chi connectivity index (χ4v) is 2.53. The largest absolute Gasteiger partial charge is 0.461 e. The van der Waals surface area contributed by atoms with E-state index >= 15 is 0 Å². The van der Waals surface area contributed by atoms with Gasteiger partial charge in [-0.05, 0) is 6.92 Å². The topological polar surface area (TPSA) is 82.5 Å². The molecular weight excluding hydrogens is 240 g/mol. The van der Waals surface area contributed by atoms with Crippen molar-refractivity contribution in [3.05, 3.63) is 16.8 Å². The monoisotopic (exact) mass is 252 g/mol. The molecule has 7 heteroatoms. The van der Waals surface area contributed by atoms with Crippen LogP contribution in [0.4, 0.5) is 0 Å². The van der Waals surface area contributed by atoms with Crippen LogP contribution < -0.4 is 5.84 Å². The van der Waals surface area contributed by atoms with Crippen LogP contribution in [0.1, 0.15) is 23.0 Å². The van der Waals surface area contributed by atoms with Crippen LogP contribution in [-0.4, -0.2) is 28.3 Å². The first-order valence-electron chi connectivity index (χ1n) is 5.03. The van der Waals surface area contributed by atoms with Crippen LogP contribution in [0.5, 0.6) is 0 Å². The van der Waals surface area contributed by atoms with E-state index in [2.05, 4.69) is 10.1 Å². The second-order valence-electron chi connectivity index (χ2n) is 3.33. The van der Waals surface area contributed by atoms with Crippen LogP contribution in [0, 0.1) is 0 Å². The molecule has 0 saturated heterocycles. The van der Waals surface area contributed by atoms with Crippen LogP contribution in [0.25, 0.3) is 10.3 Å². The molecule has 0 unspecified atom stereocenters. The summed E-state index contributed by atoms with van der Waals surface area (Å²) in [4.78, 5) is 16.1. The summed E-state index contributed by atoms with van der Waals surface area (Å²) in [5.74, 6) is 4.77. The van der Waals surface area contributed by atoms with Gasteiger partial charge < -0.3 is 15.1 Å². The molecule has 0 saturated carbocycles. The molecule has 0 spiro atoms. The smallest absolute Gasteiger partial charge is 0.355 e. The lowest BCUT2D eigenvalue weighted by Crippen LogP contribution is -2.12. The quantitative estimate of drug-likeness (QED) is 0.384. The van der Waals surface area contributed by atoms with E-state index in [0.29, 0.717) is 17.9 Å². The number of aromatic nitrogens is 2. The summed E-state index contributed by atoms with van der Waals surface area (Å²) in [5.41, 5.74) is 3.53. The number of rotatable bonds is 3. The van der Waals surface area contributed by atoms with Gasteiger partial charge in [-0.3, -0.25) is 0 Å². The lowest BCUT2D eigenvalue weighted by atomic mass is 10.2. The fourth-order valence-electron chi connectivity index (χ4n) is 1.70. The summed E-state index contributed by atoms with van der Waals surface area (Å²) in [6.07, 6.45) is 1.45. The molecule has 0 aliphatic rings. The Bertz CT molecular complexity index is 584. The number of fused-ring (bicyclic) bond motifs is 1. The Morgan fingerprint density at radius 1 is 1.76 bits per heavy atom. The number of nitrogens with two attached hydrogens (primary N) is 1. The first-order valence-corrected chi connectivity index (χ1v) is 5.90. The SMILES string of the molecule is CCOC(=O)c1c(/C=N/N)c2scnc2n1C. The van der Waals surface area contributed by atoms with E-state index in [1.54, 1.807) is 24.0 Å². The Morgan fingerprint density at radius 2 is 2.53 bits per heavy atom. The predicted molar refractivity (Wildman–Crippen MR) is 66.3 cm³/mol. The zero-order chi connectivity index (χ0) is 12.4. The normalized spacial score (nSPS) is 11.4. The number of esters is 1. The van der Waals surface area contributed by atoms with Gasteiger partial charge in [-0.1, -0.05) is 0 Å².